The van der Waals surface area contributed by atoms with E-state index in [2.05, 4.69) is 70.0 Å². The van der Waals surface area contributed by atoms with Gasteiger partial charge in [0.15, 0.2) is 0 Å². The topological polar surface area (TPSA) is 50.2 Å². The van der Waals surface area contributed by atoms with Crippen LogP contribution < -0.4 is 5.32 Å². The highest BCUT2D eigenvalue weighted by atomic mass is 16.1. The number of aromatic nitrogens is 2. The minimum atomic E-state index is 0.0299. The Morgan fingerprint density at radius 3 is 2.71 bits per heavy atom. The van der Waals surface area contributed by atoms with E-state index in [0.29, 0.717) is 5.92 Å². The van der Waals surface area contributed by atoms with Crippen molar-refractivity contribution in [2.75, 3.05) is 18.4 Å². The lowest BCUT2D eigenvalue weighted by molar-refractivity contribution is -0.121. The molecule has 162 valence electrons. The van der Waals surface area contributed by atoms with Gasteiger partial charge in [0, 0.05) is 43.6 Å². The molecule has 31 heavy (non-hydrogen) atoms. The highest BCUT2D eigenvalue weighted by molar-refractivity contribution is 5.92. The van der Waals surface area contributed by atoms with Crippen molar-refractivity contribution in [3.05, 3.63) is 83.9 Å². The average molecular weight is 417 g/mol. The third kappa shape index (κ3) is 5.61. The fourth-order valence-corrected chi connectivity index (χ4v) is 4.40. The molecule has 1 aromatic heterocycles. The molecular weight excluding hydrogens is 384 g/mol. The molecule has 1 aliphatic heterocycles. The number of hydrogen-bond acceptors (Lipinski definition) is 3. The van der Waals surface area contributed by atoms with Gasteiger partial charge in [0.25, 0.3) is 0 Å². The number of rotatable bonds is 7. The summed E-state index contributed by atoms with van der Waals surface area (Å²) < 4.78 is 2.17. The molecule has 0 aliphatic carbocycles. The molecule has 2 heterocycles. The Morgan fingerprint density at radius 1 is 1.10 bits per heavy atom. The molecule has 1 amide bonds. The average Bonchev–Trinajstić information content (AvgIpc) is 3.23. The number of nitrogens with one attached hydrogen (secondary N) is 1. The predicted octanol–water partition coefficient (Wildman–Crippen LogP) is 4.91. The van der Waals surface area contributed by atoms with Crippen LogP contribution in [0.1, 0.15) is 49.6 Å². The zero-order chi connectivity index (χ0) is 21.6. The summed E-state index contributed by atoms with van der Waals surface area (Å²) in [7, 11) is 0. The van der Waals surface area contributed by atoms with E-state index in [-0.39, 0.29) is 11.8 Å². The van der Waals surface area contributed by atoms with Crippen LogP contribution in [0.25, 0.3) is 0 Å². The Balaban J connectivity index is 1.37. The lowest BCUT2D eigenvalue weighted by Gasteiger charge is -2.32. The number of carbonyl (C=O) groups is 1. The number of piperidine rings is 1. The molecular formula is C26H32N4O. The van der Waals surface area contributed by atoms with Crippen LogP contribution >= 0.6 is 0 Å². The van der Waals surface area contributed by atoms with Crippen LogP contribution in [0, 0.1) is 5.92 Å². The number of likely N-dealkylation sites (tertiary alicyclic amines) is 1. The third-order valence-corrected chi connectivity index (χ3v) is 5.94. The van der Waals surface area contributed by atoms with Crippen molar-refractivity contribution in [1.82, 2.24) is 14.5 Å². The Bertz CT molecular complexity index is 995. The molecule has 1 unspecified atom stereocenters. The number of carbonyl (C=O) groups excluding carboxylic acids is 1. The van der Waals surface area contributed by atoms with E-state index >= 15 is 0 Å². The molecule has 1 fully saturated rings. The molecule has 1 atom stereocenters. The Morgan fingerprint density at radius 2 is 1.90 bits per heavy atom. The van der Waals surface area contributed by atoms with Crippen LogP contribution in [0.2, 0.25) is 0 Å². The number of hydrogen-bond donors (Lipinski definition) is 1. The SMILES string of the molecule is CC(C)c1nccn1Cc1cccc(NC(=O)C2CCCN(Cc3ccccc3)C2)c1. The fourth-order valence-electron chi connectivity index (χ4n) is 4.40. The monoisotopic (exact) mass is 416 g/mol. The molecule has 1 saturated heterocycles. The van der Waals surface area contributed by atoms with E-state index < -0.39 is 0 Å². The van der Waals surface area contributed by atoms with Gasteiger partial charge in [-0.1, -0.05) is 56.3 Å². The van der Waals surface area contributed by atoms with Crippen molar-refractivity contribution in [2.45, 2.75) is 45.7 Å². The largest absolute Gasteiger partial charge is 0.330 e. The van der Waals surface area contributed by atoms with Gasteiger partial charge in [0.2, 0.25) is 5.91 Å². The molecule has 0 radical (unpaired) electrons. The van der Waals surface area contributed by atoms with Gasteiger partial charge in [-0.2, -0.15) is 0 Å². The lowest BCUT2D eigenvalue weighted by atomic mass is 9.96. The van der Waals surface area contributed by atoms with Gasteiger partial charge in [-0.25, -0.2) is 4.98 Å². The number of amides is 1. The van der Waals surface area contributed by atoms with Gasteiger partial charge in [-0.05, 0) is 42.6 Å². The van der Waals surface area contributed by atoms with Gasteiger partial charge >= 0.3 is 0 Å². The molecule has 0 spiro atoms. The summed E-state index contributed by atoms with van der Waals surface area (Å²) in [6.07, 6.45) is 5.88. The highest BCUT2D eigenvalue weighted by Gasteiger charge is 2.26. The summed E-state index contributed by atoms with van der Waals surface area (Å²) in [5.74, 6) is 1.61. The van der Waals surface area contributed by atoms with E-state index in [9.17, 15) is 4.79 Å². The summed E-state index contributed by atoms with van der Waals surface area (Å²) in [6, 6.07) is 18.7. The molecule has 1 aliphatic rings. The van der Waals surface area contributed by atoms with Crippen LogP contribution in [-0.4, -0.2) is 33.4 Å². The fraction of sp³-hybridized carbons (Fsp3) is 0.385. The summed E-state index contributed by atoms with van der Waals surface area (Å²) >= 11 is 0. The van der Waals surface area contributed by atoms with Crippen molar-refractivity contribution in [2.24, 2.45) is 5.92 Å². The standard InChI is InChI=1S/C26H32N4O/c1-20(2)25-27-13-15-30(25)18-22-10-6-12-24(16-22)28-26(31)23-11-7-14-29(19-23)17-21-8-4-3-5-9-21/h3-6,8-10,12-13,15-16,20,23H,7,11,14,17-19H2,1-2H3,(H,28,31). The normalized spacial score (nSPS) is 17.1. The molecule has 5 nitrogen and oxygen atoms in total. The molecule has 5 heteroatoms. The van der Waals surface area contributed by atoms with Crippen LogP contribution in [0.5, 0.6) is 0 Å². The van der Waals surface area contributed by atoms with Crippen molar-refractivity contribution < 1.29 is 4.79 Å². The summed E-state index contributed by atoms with van der Waals surface area (Å²) in [5.41, 5.74) is 3.33. The Hall–Kier alpha value is -2.92. The Labute approximate surface area is 185 Å². The lowest BCUT2D eigenvalue weighted by Crippen LogP contribution is -2.40. The van der Waals surface area contributed by atoms with Gasteiger partial charge in [0.1, 0.15) is 5.82 Å². The maximum atomic E-state index is 13.0. The van der Waals surface area contributed by atoms with E-state index in [1.54, 1.807) is 0 Å². The summed E-state index contributed by atoms with van der Waals surface area (Å²) in [6.45, 7) is 7.83. The van der Waals surface area contributed by atoms with Crippen LogP contribution in [0.3, 0.4) is 0 Å². The van der Waals surface area contributed by atoms with Gasteiger partial charge < -0.3 is 9.88 Å². The van der Waals surface area contributed by atoms with Gasteiger partial charge in [-0.3, -0.25) is 9.69 Å². The number of nitrogens with zero attached hydrogens (tertiary/aromatic N) is 3. The maximum Gasteiger partial charge on any atom is 0.228 e. The molecule has 0 bridgehead atoms. The maximum absolute atomic E-state index is 13.0. The quantitative estimate of drug-likeness (QED) is 0.596. The summed E-state index contributed by atoms with van der Waals surface area (Å²) in [5, 5.41) is 3.16. The predicted molar refractivity (Wildman–Crippen MR) is 125 cm³/mol. The van der Waals surface area contributed by atoms with Crippen molar-refractivity contribution in [3.63, 3.8) is 0 Å². The van der Waals surface area contributed by atoms with Crippen molar-refractivity contribution >= 4 is 11.6 Å². The second kappa shape index (κ2) is 9.92. The number of anilines is 1. The molecule has 2 aromatic carbocycles. The summed E-state index contributed by atoms with van der Waals surface area (Å²) in [4.78, 5) is 19.8. The Kier molecular flexibility index (Phi) is 6.82. The zero-order valence-electron chi connectivity index (χ0n) is 18.5. The third-order valence-electron chi connectivity index (χ3n) is 5.94. The minimum absolute atomic E-state index is 0.0299. The van der Waals surface area contributed by atoms with E-state index in [1.807, 2.05) is 30.6 Å². The molecule has 0 saturated carbocycles. The first kappa shape index (κ1) is 21.3. The first-order valence-corrected chi connectivity index (χ1v) is 11.3. The van der Waals surface area contributed by atoms with Crippen LogP contribution in [0.15, 0.2) is 67.0 Å². The molecule has 4 rings (SSSR count). The van der Waals surface area contributed by atoms with E-state index in [0.717, 1.165) is 56.1 Å². The van der Waals surface area contributed by atoms with Gasteiger partial charge in [-0.15, -0.1) is 0 Å². The first-order valence-electron chi connectivity index (χ1n) is 11.3. The van der Waals surface area contributed by atoms with E-state index in [1.165, 1.54) is 5.56 Å². The second-order valence-corrected chi connectivity index (χ2v) is 8.82. The second-order valence-electron chi connectivity index (χ2n) is 8.82. The van der Waals surface area contributed by atoms with Crippen molar-refractivity contribution in [3.8, 4) is 0 Å². The minimum Gasteiger partial charge on any atom is -0.330 e. The van der Waals surface area contributed by atoms with Crippen LogP contribution in [-0.2, 0) is 17.9 Å². The smallest absolute Gasteiger partial charge is 0.228 e. The molecule has 1 N–H and O–H groups in total. The van der Waals surface area contributed by atoms with Gasteiger partial charge in [0.05, 0.1) is 5.92 Å². The van der Waals surface area contributed by atoms with E-state index in [4.69, 9.17) is 0 Å². The van der Waals surface area contributed by atoms with Crippen LogP contribution in [0.4, 0.5) is 5.69 Å². The zero-order valence-corrected chi connectivity index (χ0v) is 18.5. The van der Waals surface area contributed by atoms with Crippen molar-refractivity contribution in [1.29, 1.82) is 0 Å². The highest BCUT2D eigenvalue weighted by Crippen LogP contribution is 2.22. The number of benzene rings is 2. The first-order chi connectivity index (χ1) is 15.1. The number of imidazole rings is 1. The molecule has 3 aromatic rings.